The van der Waals surface area contributed by atoms with Gasteiger partial charge >= 0.3 is 0 Å². The van der Waals surface area contributed by atoms with E-state index in [1.807, 2.05) is 13.0 Å². The summed E-state index contributed by atoms with van der Waals surface area (Å²) in [6, 6.07) is 11.2. The third-order valence-electron chi connectivity index (χ3n) is 3.71. The van der Waals surface area contributed by atoms with Gasteiger partial charge in [0.2, 0.25) is 5.95 Å². The standard InChI is InChI=1S/C17H13FN6O/c1-10-5-6-12(8-15(10)25)20-17-19-9-14-16(21-17)24(23-22-14)13-4-2-3-11(18)7-13/h2-9,25H,1H3,(H,19,20,21). The molecule has 0 unspecified atom stereocenters. The smallest absolute Gasteiger partial charge is 0.229 e. The lowest BCUT2D eigenvalue weighted by atomic mass is 10.2. The molecule has 0 aliphatic carbocycles. The van der Waals surface area contributed by atoms with Crippen LogP contribution in [0.15, 0.2) is 48.7 Å². The number of phenolic OH excluding ortho intramolecular Hbond substituents is 1. The van der Waals surface area contributed by atoms with Crippen LogP contribution in [-0.4, -0.2) is 30.1 Å². The van der Waals surface area contributed by atoms with Gasteiger partial charge in [-0.3, -0.25) is 0 Å². The fourth-order valence-electron chi connectivity index (χ4n) is 2.39. The van der Waals surface area contributed by atoms with E-state index in [-0.39, 0.29) is 11.6 Å². The summed E-state index contributed by atoms with van der Waals surface area (Å²) >= 11 is 0. The molecule has 0 fully saturated rings. The summed E-state index contributed by atoms with van der Waals surface area (Å²) in [7, 11) is 0. The SMILES string of the molecule is Cc1ccc(Nc2ncc3nnn(-c4cccc(F)c4)c3n2)cc1O. The van der Waals surface area contributed by atoms with Gasteiger partial charge in [0.25, 0.3) is 0 Å². The van der Waals surface area contributed by atoms with E-state index in [1.165, 1.54) is 23.0 Å². The van der Waals surface area contributed by atoms with Gasteiger partial charge in [-0.1, -0.05) is 17.3 Å². The lowest BCUT2D eigenvalue weighted by Gasteiger charge is -2.07. The Balaban J connectivity index is 1.74. The number of fused-ring (bicyclic) bond motifs is 1. The molecule has 0 spiro atoms. The fraction of sp³-hybridized carbons (Fsp3) is 0.0588. The van der Waals surface area contributed by atoms with Crippen molar-refractivity contribution in [1.82, 2.24) is 25.0 Å². The van der Waals surface area contributed by atoms with E-state index >= 15 is 0 Å². The Labute approximate surface area is 141 Å². The number of aryl methyl sites for hydroxylation is 1. The maximum Gasteiger partial charge on any atom is 0.229 e. The van der Waals surface area contributed by atoms with E-state index in [0.29, 0.717) is 28.5 Å². The molecule has 0 amide bonds. The van der Waals surface area contributed by atoms with E-state index in [2.05, 4.69) is 25.6 Å². The Morgan fingerprint density at radius 1 is 1.16 bits per heavy atom. The van der Waals surface area contributed by atoms with Crippen LogP contribution in [0.1, 0.15) is 5.56 Å². The summed E-state index contributed by atoms with van der Waals surface area (Å²) in [5.74, 6) is 0.122. The Hall–Kier alpha value is -3.55. The summed E-state index contributed by atoms with van der Waals surface area (Å²) in [6.45, 7) is 1.81. The second kappa shape index (κ2) is 5.82. The molecule has 0 bridgehead atoms. The molecule has 4 aromatic rings. The first-order valence-electron chi connectivity index (χ1n) is 7.51. The average molecular weight is 336 g/mol. The number of halogens is 1. The Bertz CT molecular complexity index is 1080. The summed E-state index contributed by atoms with van der Waals surface area (Å²) < 4.78 is 14.9. The molecular formula is C17H13FN6O. The number of hydrogen-bond acceptors (Lipinski definition) is 6. The van der Waals surface area contributed by atoms with Crippen LogP contribution in [0.4, 0.5) is 16.0 Å². The molecule has 7 nitrogen and oxygen atoms in total. The number of nitrogens with zero attached hydrogens (tertiary/aromatic N) is 5. The van der Waals surface area contributed by atoms with Crippen molar-refractivity contribution in [3.8, 4) is 11.4 Å². The van der Waals surface area contributed by atoms with E-state index < -0.39 is 0 Å². The number of rotatable bonds is 3. The molecule has 2 N–H and O–H groups in total. The number of anilines is 2. The highest BCUT2D eigenvalue weighted by atomic mass is 19.1. The second-order valence-corrected chi connectivity index (χ2v) is 5.51. The van der Waals surface area contributed by atoms with Gasteiger partial charge in [0.05, 0.1) is 11.9 Å². The van der Waals surface area contributed by atoms with Gasteiger partial charge < -0.3 is 10.4 Å². The zero-order chi connectivity index (χ0) is 17.4. The van der Waals surface area contributed by atoms with Crippen molar-refractivity contribution in [1.29, 1.82) is 0 Å². The van der Waals surface area contributed by atoms with E-state index in [4.69, 9.17) is 0 Å². The van der Waals surface area contributed by atoms with Gasteiger partial charge in [-0.05, 0) is 36.8 Å². The number of phenols is 1. The number of benzene rings is 2. The van der Waals surface area contributed by atoms with Gasteiger partial charge in [-0.25, -0.2) is 9.37 Å². The van der Waals surface area contributed by atoms with Crippen molar-refractivity contribution in [2.75, 3.05) is 5.32 Å². The predicted octanol–water partition coefficient (Wildman–Crippen LogP) is 3.11. The van der Waals surface area contributed by atoms with Crippen LogP contribution in [0.2, 0.25) is 0 Å². The van der Waals surface area contributed by atoms with Crippen molar-refractivity contribution >= 4 is 22.8 Å². The van der Waals surface area contributed by atoms with Crippen molar-refractivity contribution in [3.63, 3.8) is 0 Å². The van der Waals surface area contributed by atoms with Crippen LogP contribution < -0.4 is 5.32 Å². The van der Waals surface area contributed by atoms with Crippen LogP contribution in [0, 0.1) is 12.7 Å². The molecule has 2 aromatic carbocycles. The van der Waals surface area contributed by atoms with E-state index in [9.17, 15) is 9.50 Å². The molecule has 0 aliphatic rings. The number of hydrogen-bond donors (Lipinski definition) is 2. The molecule has 0 atom stereocenters. The molecule has 2 heterocycles. The van der Waals surface area contributed by atoms with Crippen molar-refractivity contribution in [2.24, 2.45) is 0 Å². The summed E-state index contributed by atoms with van der Waals surface area (Å²) in [5.41, 5.74) is 2.86. The third-order valence-corrected chi connectivity index (χ3v) is 3.71. The van der Waals surface area contributed by atoms with E-state index in [0.717, 1.165) is 5.56 Å². The quantitative estimate of drug-likeness (QED) is 0.597. The summed E-state index contributed by atoms with van der Waals surface area (Å²) in [4.78, 5) is 8.59. The zero-order valence-electron chi connectivity index (χ0n) is 13.2. The monoisotopic (exact) mass is 336 g/mol. The number of nitrogens with one attached hydrogen (secondary N) is 1. The highest BCUT2D eigenvalue weighted by Gasteiger charge is 2.11. The third kappa shape index (κ3) is 2.85. The molecule has 124 valence electrons. The largest absolute Gasteiger partial charge is 0.508 e. The minimum absolute atomic E-state index is 0.178. The van der Waals surface area contributed by atoms with Gasteiger partial charge in [0, 0.05) is 11.8 Å². The van der Waals surface area contributed by atoms with Crippen LogP contribution in [0.3, 0.4) is 0 Å². The molecule has 4 rings (SSSR count). The lowest BCUT2D eigenvalue weighted by molar-refractivity contribution is 0.471. The zero-order valence-corrected chi connectivity index (χ0v) is 13.2. The first-order valence-corrected chi connectivity index (χ1v) is 7.51. The van der Waals surface area contributed by atoms with Gasteiger partial charge in [0.1, 0.15) is 11.6 Å². The summed E-state index contributed by atoms with van der Waals surface area (Å²) in [6.07, 6.45) is 1.53. The highest BCUT2D eigenvalue weighted by Crippen LogP contribution is 2.23. The van der Waals surface area contributed by atoms with Crippen LogP contribution in [-0.2, 0) is 0 Å². The summed E-state index contributed by atoms with van der Waals surface area (Å²) in [5, 5.41) is 20.8. The van der Waals surface area contributed by atoms with Crippen LogP contribution in [0.25, 0.3) is 16.9 Å². The maximum atomic E-state index is 13.5. The van der Waals surface area contributed by atoms with Crippen molar-refractivity contribution in [3.05, 3.63) is 60.0 Å². The fourth-order valence-corrected chi connectivity index (χ4v) is 2.39. The Kier molecular flexibility index (Phi) is 3.50. The van der Waals surface area contributed by atoms with Crippen LogP contribution >= 0.6 is 0 Å². The predicted molar refractivity (Wildman–Crippen MR) is 90.5 cm³/mol. The maximum absolute atomic E-state index is 13.5. The average Bonchev–Trinajstić information content (AvgIpc) is 3.01. The van der Waals surface area contributed by atoms with Crippen LogP contribution in [0.5, 0.6) is 5.75 Å². The molecule has 0 saturated heterocycles. The highest BCUT2D eigenvalue weighted by molar-refractivity contribution is 5.73. The Morgan fingerprint density at radius 3 is 2.84 bits per heavy atom. The molecular weight excluding hydrogens is 323 g/mol. The number of aromatic nitrogens is 5. The molecule has 25 heavy (non-hydrogen) atoms. The number of aromatic hydroxyl groups is 1. The van der Waals surface area contributed by atoms with Gasteiger partial charge in [-0.2, -0.15) is 9.67 Å². The van der Waals surface area contributed by atoms with Crippen molar-refractivity contribution in [2.45, 2.75) is 6.92 Å². The Morgan fingerprint density at radius 2 is 2.04 bits per heavy atom. The molecule has 0 radical (unpaired) electrons. The normalized spacial score (nSPS) is 11.0. The molecule has 8 heteroatoms. The molecule has 0 aliphatic heterocycles. The lowest BCUT2D eigenvalue weighted by Crippen LogP contribution is -2.01. The van der Waals surface area contributed by atoms with Gasteiger partial charge in [0.15, 0.2) is 11.2 Å². The molecule has 2 aromatic heterocycles. The van der Waals surface area contributed by atoms with Gasteiger partial charge in [-0.15, -0.1) is 5.10 Å². The minimum atomic E-state index is -0.372. The molecule has 0 saturated carbocycles. The minimum Gasteiger partial charge on any atom is -0.508 e. The van der Waals surface area contributed by atoms with E-state index in [1.54, 1.807) is 24.3 Å². The first kappa shape index (κ1) is 15.0. The topological polar surface area (TPSA) is 88.8 Å². The second-order valence-electron chi connectivity index (χ2n) is 5.51. The van der Waals surface area contributed by atoms with Crippen molar-refractivity contribution < 1.29 is 9.50 Å². The first-order chi connectivity index (χ1) is 12.1.